The van der Waals surface area contributed by atoms with E-state index in [4.69, 9.17) is 5.26 Å². The highest BCUT2D eigenvalue weighted by Crippen LogP contribution is 2.30. The number of nitriles is 1. The normalized spacial score (nSPS) is 29.9. The van der Waals surface area contributed by atoms with Gasteiger partial charge in [0.05, 0.1) is 12.1 Å². The first-order valence-corrected chi connectivity index (χ1v) is 5.79. The van der Waals surface area contributed by atoms with Gasteiger partial charge >= 0.3 is 0 Å². The van der Waals surface area contributed by atoms with Gasteiger partial charge in [0.25, 0.3) is 0 Å². The van der Waals surface area contributed by atoms with E-state index in [0.717, 1.165) is 5.92 Å². The third-order valence-corrected chi connectivity index (χ3v) is 3.10. The van der Waals surface area contributed by atoms with Gasteiger partial charge in [0.15, 0.2) is 0 Å². The lowest BCUT2D eigenvalue weighted by Gasteiger charge is -2.31. The van der Waals surface area contributed by atoms with Crippen molar-refractivity contribution >= 4 is 0 Å². The maximum absolute atomic E-state index is 9.10. The molecule has 2 nitrogen and oxygen atoms in total. The molecule has 0 amide bonds. The van der Waals surface area contributed by atoms with E-state index in [0.29, 0.717) is 12.0 Å². The molecule has 1 aliphatic rings. The molecule has 3 unspecified atom stereocenters. The summed E-state index contributed by atoms with van der Waals surface area (Å²) in [7, 11) is 0. The van der Waals surface area contributed by atoms with Crippen LogP contribution >= 0.6 is 0 Å². The molecule has 0 aliphatic heterocycles. The molecule has 0 bridgehead atoms. The zero-order chi connectivity index (χ0) is 10.6. The van der Waals surface area contributed by atoms with Gasteiger partial charge in [-0.3, -0.25) is 5.32 Å². The predicted octanol–water partition coefficient (Wildman–Crippen LogP) is 2.70. The van der Waals surface area contributed by atoms with E-state index in [1.54, 1.807) is 0 Å². The van der Waals surface area contributed by atoms with E-state index < -0.39 is 0 Å². The molecular weight excluding hydrogens is 172 g/mol. The molecule has 1 fully saturated rings. The van der Waals surface area contributed by atoms with Crippen molar-refractivity contribution in [3.8, 4) is 6.07 Å². The molecule has 0 saturated heterocycles. The average molecular weight is 194 g/mol. The lowest BCUT2D eigenvalue weighted by atomic mass is 9.79. The summed E-state index contributed by atoms with van der Waals surface area (Å²) in [6.45, 7) is 6.52. The Morgan fingerprint density at radius 2 is 2.07 bits per heavy atom. The molecule has 80 valence electrons. The highest BCUT2D eigenvalue weighted by atomic mass is 14.9. The Morgan fingerprint density at radius 1 is 1.36 bits per heavy atom. The fourth-order valence-corrected chi connectivity index (χ4v) is 2.42. The Morgan fingerprint density at radius 3 is 2.57 bits per heavy atom. The predicted molar refractivity (Wildman–Crippen MR) is 58.8 cm³/mol. The Labute approximate surface area is 87.7 Å². The second-order valence-electron chi connectivity index (χ2n) is 4.96. The summed E-state index contributed by atoms with van der Waals surface area (Å²) in [6.07, 6.45) is 5.08. The van der Waals surface area contributed by atoms with E-state index in [-0.39, 0.29) is 6.04 Å². The van der Waals surface area contributed by atoms with Crippen molar-refractivity contribution in [2.24, 2.45) is 11.8 Å². The summed E-state index contributed by atoms with van der Waals surface area (Å²) in [5.74, 6) is 1.38. The molecule has 0 radical (unpaired) electrons. The van der Waals surface area contributed by atoms with Crippen LogP contribution in [0, 0.1) is 23.2 Å². The Kier molecular flexibility index (Phi) is 4.41. The minimum atomic E-state index is 0.0674. The molecule has 0 heterocycles. The van der Waals surface area contributed by atoms with E-state index in [1.165, 1.54) is 25.7 Å². The van der Waals surface area contributed by atoms with Crippen LogP contribution in [0.1, 0.15) is 46.5 Å². The fraction of sp³-hybridized carbons (Fsp3) is 0.917. The van der Waals surface area contributed by atoms with Gasteiger partial charge in [-0.25, -0.2) is 0 Å². The van der Waals surface area contributed by atoms with Crippen LogP contribution < -0.4 is 5.32 Å². The molecular formula is C12H22N2. The smallest absolute Gasteiger partial charge is 0.0983 e. The van der Waals surface area contributed by atoms with E-state index in [2.05, 4.69) is 32.2 Å². The molecule has 0 aromatic heterocycles. The van der Waals surface area contributed by atoms with E-state index >= 15 is 0 Å². The van der Waals surface area contributed by atoms with Gasteiger partial charge in [0.1, 0.15) is 0 Å². The van der Waals surface area contributed by atoms with Gasteiger partial charge in [-0.15, -0.1) is 0 Å². The second kappa shape index (κ2) is 5.36. The molecule has 1 rings (SSSR count). The number of nitrogens with one attached hydrogen (secondary N) is 1. The van der Waals surface area contributed by atoms with Crippen molar-refractivity contribution in [3.63, 3.8) is 0 Å². The van der Waals surface area contributed by atoms with Crippen molar-refractivity contribution in [2.75, 3.05) is 0 Å². The average Bonchev–Trinajstić information content (AvgIpc) is 2.14. The van der Waals surface area contributed by atoms with Crippen molar-refractivity contribution in [1.29, 1.82) is 5.26 Å². The van der Waals surface area contributed by atoms with Gasteiger partial charge in [0.2, 0.25) is 0 Å². The van der Waals surface area contributed by atoms with Gasteiger partial charge in [0, 0.05) is 6.04 Å². The minimum absolute atomic E-state index is 0.0674. The summed E-state index contributed by atoms with van der Waals surface area (Å²) < 4.78 is 0. The molecule has 3 atom stereocenters. The van der Waals surface area contributed by atoms with E-state index in [1.807, 2.05) is 0 Å². The first-order chi connectivity index (χ1) is 6.63. The molecule has 1 aliphatic carbocycles. The van der Waals surface area contributed by atoms with Crippen LogP contribution in [0.5, 0.6) is 0 Å². The Bertz CT molecular complexity index is 205. The molecule has 0 spiro atoms. The topological polar surface area (TPSA) is 35.8 Å². The molecule has 1 saturated carbocycles. The lowest BCUT2D eigenvalue weighted by molar-refractivity contribution is 0.242. The quantitative estimate of drug-likeness (QED) is 0.750. The summed E-state index contributed by atoms with van der Waals surface area (Å²) in [4.78, 5) is 0. The van der Waals surface area contributed by atoms with Crippen LogP contribution in [0.4, 0.5) is 0 Å². The van der Waals surface area contributed by atoms with Crippen molar-refractivity contribution in [2.45, 2.75) is 58.5 Å². The number of hydrogen-bond acceptors (Lipinski definition) is 2. The van der Waals surface area contributed by atoms with Gasteiger partial charge in [-0.2, -0.15) is 5.26 Å². The molecule has 0 aromatic rings. The maximum Gasteiger partial charge on any atom is 0.0983 e. The van der Waals surface area contributed by atoms with Crippen LogP contribution in [-0.4, -0.2) is 12.1 Å². The van der Waals surface area contributed by atoms with Crippen molar-refractivity contribution in [1.82, 2.24) is 5.32 Å². The van der Waals surface area contributed by atoms with Crippen LogP contribution in [0.3, 0.4) is 0 Å². The Hall–Kier alpha value is -0.550. The first kappa shape index (κ1) is 11.5. The monoisotopic (exact) mass is 194 g/mol. The van der Waals surface area contributed by atoms with Gasteiger partial charge in [-0.05, 0) is 38.5 Å². The summed E-state index contributed by atoms with van der Waals surface area (Å²) in [5, 5.41) is 12.5. The van der Waals surface area contributed by atoms with Crippen LogP contribution in [0.25, 0.3) is 0 Å². The third kappa shape index (κ3) is 3.31. The van der Waals surface area contributed by atoms with Crippen LogP contribution in [0.15, 0.2) is 0 Å². The van der Waals surface area contributed by atoms with Gasteiger partial charge < -0.3 is 0 Å². The first-order valence-electron chi connectivity index (χ1n) is 5.79. The van der Waals surface area contributed by atoms with Crippen LogP contribution in [0.2, 0.25) is 0 Å². The van der Waals surface area contributed by atoms with Crippen molar-refractivity contribution < 1.29 is 0 Å². The zero-order valence-corrected chi connectivity index (χ0v) is 9.59. The minimum Gasteiger partial charge on any atom is -0.299 e. The summed E-state index contributed by atoms with van der Waals surface area (Å²) in [6, 6.07) is 2.89. The fourth-order valence-electron chi connectivity index (χ4n) is 2.42. The highest BCUT2D eigenvalue weighted by molar-refractivity contribution is 4.97. The number of nitrogens with zero attached hydrogens (tertiary/aromatic N) is 1. The number of rotatable bonds is 3. The number of hydrogen-bond donors (Lipinski definition) is 1. The second-order valence-corrected chi connectivity index (χ2v) is 4.96. The summed E-state index contributed by atoms with van der Waals surface area (Å²) >= 11 is 0. The maximum atomic E-state index is 9.10. The van der Waals surface area contributed by atoms with Gasteiger partial charge in [-0.1, -0.05) is 19.8 Å². The SMILES string of the molecule is CC1CCCC(C(C#N)NC(C)C)C1. The third-order valence-electron chi connectivity index (χ3n) is 3.10. The largest absolute Gasteiger partial charge is 0.299 e. The van der Waals surface area contributed by atoms with E-state index in [9.17, 15) is 0 Å². The Balaban J connectivity index is 2.47. The molecule has 1 N–H and O–H groups in total. The summed E-state index contributed by atoms with van der Waals surface area (Å²) in [5.41, 5.74) is 0. The zero-order valence-electron chi connectivity index (χ0n) is 9.59. The molecule has 0 aromatic carbocycles. The highest BCUT2D eigenvalue weighted by Gasteiger charge is 2.26. The standard InChI is InChI=1S/C12H22N2/c1-9(2)14-12(8-13)11-6-4-5-10(3)7-11/h9-12,14H,4-7H2,1-3H3. The van der Waals surface area contributed by atoms with Crippen LogP contribution in [-0.2, 0) is 0 Å². The molecule has 14 heavy (non-hydrogen) atoms. The lowest BCUT2D eigenvalue weighted by Crippen LogP contribution is -2.40. The molecule has 2 heteroatoms. The van der Waals surface area contributed by atoms with Crippen molar-refractivity contribution in [3.05, 3.63) is 0 Å².